The summed E-state index contributed by atoms with van der Waals surface area (Å²) in [5.74, 6) is 0.192. The first-order chi connectivity index (χ1) is 14.6. The molecule has 0 radical (unpaired) electrons. The molecule has 3 aromatic carbocycles. The summed E-state index contributed by atoms with van der Waals surface area (Å²) in [6.45, 7) is 0. The third kappa shape index (κ3) is 4.46. The van der Waals surface area contributed by atoms with Gasteiger partial charge in [-0.2, -0.15) is 0 Å². The van der Waals surface area contributed by atoms with E-state index >= 15 is 0 Å². The van der Waals surface area contributed by atoms with Crippen LogP contribution < -0.4 is 10.2 Å². The number of benzodiazepines with no additional fused rings is 1. The number of hydrogen-bond acceptors (Lipinski definition) is 5. The number of benzene rings is 3. The molecule has 152 valence electrons. The Labute approximate surface area is 180 Å². The van der Waals surface area contributed by atoms with Gasteiger partial charge >= 0.3 is 0 Å². The summed E-state index contributed by atoms with van der Waals surface area (Å²) >= 11 is 1.52. The second-order valence-electron chi connectivity index (χ2n) is 6.97. The van der Waals surface area contributed by atoms with E-state index in [1.165, 1.54) is 11.8 Å². The van der Waals surface area contributed by atoms with Crippen molar-refractivity contribution in [3.8, 4) is 0 Å². The van der Waals surface area contributed by atoms with Gasteiger partial charge in [0, 0.05) is 28.8 Å². The highest BCUT2D eigenvalue weighted by molar-refractivity contribution is 7.99. The summed E-state index contributed by atoms with van der Waals surface area (Å²) in [4.78, 5) is 20.6. The molecule has 2 unspecified atom stereocenters. The number of amides is 1. The van der Waals surface area contributed by atoms with Crippen LogP contribution in [0.15, 0.2) is 94.8 Å². The van der Waals surface area contributed by atoms with E-state index in [0.717, 1.165) is 27.4 Å². The minimum Gasteiger partial charge on any atom is -0.378 e. The van der Waals surface area contributed by atoms with Crippen LogP contribution >= 0.6 is 11.8 Å². The maximum atomic E-state index is 13.1. The van der Waals surface area contributed by atoms with Gasteiger partial charge in [-0.3, -0.25) is 15.1 Å². The number of carbonyl (C=O) groups excluding carboxylic acids is 1. The third-order valence-electron chi connectivity index (χ3n) is 4.89. The number of nitrogens with one attached hydrogen (secondary N) is 1. The zero-order chi connectivity index (χ0) is 20.9. The fourth-order valence-corrected chi connectivity index (χ4v) is 4.18. The lowest BCUT2D eigenvalue weighted by Crippen LogP contribution is -2.48. The van der Waals surface area contributed by atoms with Crippen molar-refractivity contribution in [2.45, 2.75) is 17.3 Å². The molecule has 0 aromatic heterocycles. The van der Waals surface area contributed by atoms with Gasteiger partial charge in [-0.05, 0) is 18.2 Å². The fraction of sp³-hybridized carbons (Fsp3) is 0.167. The number of nitrogens with zero attached hydrogens (tertiary/aromatic N) is 2. The van der Waals surface area contributed by atoms with Crippen LogP contribution in [0.4, 0.5) is 5.69 Å². The molecule has 0 saturated heterocycles. The number of hydrogen-bond donors (Lipinski definition) is 2. The molecule has 1 amide bonds. The summed E-state index contributed by atoms with van der Waals surface area (Å²) < 4.78 is 0. The molecule has 4 rings (SSSR count). The first-order valence-corrected chi connectivity index (χ1v) is 10.7. The van der Waals surface area contributed by atoms with E-state index in [-0.39, 0.29) is 5.91 Å². The van der Waals surface area contributed by atoms with E-state index in [4.69, 9.17) is 4.99 Å². The summed E-state index contributed by atoms with van der Waals surface area (Å²) in [7, 11) is 1.74. The molecule has 0 aliphatic carbocycles. The largest absolute Gasteiger partial charge is 0.378 e. The van der Waals surface area contributed by atoms with Crippen molar-refractivity contribution in [2.24, 2.45) is 4.99 Å². The Balaban J connectivity index is 1.61. The van der Waals surface area contributed by atoms with Crippen LogP contribution in [-0.2, 0) is 4.79 Å². The first-order valence-electron chi connectivity index (χ1n) is 9.75. The molecule has 0 saturated carbocycles. The highest BCUT2D eigenvalue weighted by atomic mass is 32.2. The standard InChI is InChI=1S/C24H23N3O2S/c1-27-20-15-9-8-14-19(20)22(17-10-4-2-5-11-17)26-23(24(27)29)25-21(28)16-30-18-12-6-3-7-13-18/h2-15,21,23,25,28H,16H2,1H3. The van der Waals surface area contributed by atoms with Gasteiger partial charge in [0.2, 0.25) is 0 Å². The number of aliphatic hydroxyl groups excluding tert-OH is 1. The second kappa shape index (κ2) is 9.26. The lowest BCUT2D eigenvalue weighted by Gasteiger charge is -2.22. The van der Waals surface area contributed by atoms with E-state index in [2.05, 4.69) is 5.32 Å². The summed E-state index contributed by atoms with van der Waals surface area (Å²) in [5, 5.41) is 13.6. The predicted molar refractivity (Wildman–Crippen MR) is 122 cm³/mol. The Hall–Kier alpha value is -2.93. The van der Waals surface area contributed by atoms with Crippen LogP contribution in [-0.4, -0.2) is 41.9 Å². The summed E-state index contributed by atoms with van der Waals surface area (Å²) in [5.41, 5.74) is 3.33. The Morgan fingerprint density at radius 1 is 1.00 bits per heavy atom. The molecule has 0 spiro atoms. The molecule has 1 aliphatic heterocycles. The molecule has 0 bridgehead atoms. The van der Waals surface area contributed by atoms with Crippen LogP contribution in [0.3, 0.4) is 0 Å². The smallest absolute Gasteiger partial charge is 0.266 e. The average Bonchev–Trinajstić information content (AvgIpc) is 2.90. The topological polar surface area (TPSA) is 64.9 Å². The molecular formula is C24H23N3O2S. The molecule has 5 nitrogen and oxygen atoms in total. The number of rotatable bonds is 6. The van der Waals surface area contributed by atoms with Gasteiger partial charge in [0.05, 0.1) is 11.4 Å². The Bertz CT molecular complexity index is 1040. The summed E-state index contributed by atoms with van der Waals surface area (Å²) in [6, 6.07) is 27.4. The van der Waals surface area contributed by atoms with Crippen molar-refractivity contribution in [3.05, 3.63) is 96.1 Å². The van der Waals surface area contributed by atoms with Gasteiger partial charge in [0.1, 0.15) is 6.23 Å². The van der Waals surface area contributed by atoms with Gasteiger partial charge in [0.25, 0.3) is 5.91 Å². The van der Waals surface area contributed by atoms with Crippen molar-refractivity contribution < 1.29 is 9.90 Å². The van der Waals surface area contributed by atoms with Gasteiger partial charge < -0.3 is 10.0 Å². The molecule has 3 aromatic rings. The van der Waals surface area contributed by atoms with E-state index in [0.29, 0.717) is 5.75 Å². The second-order valence-corrected chi connectivity index (χ2v) is 8.06. The van der Waals surface area contributed by atoms with Gasteiger partial charge in [-0.1, -0.05) is 66.7 Å². The van der Waals surface area contributed by atoms with Crippen molar-refractivity contribution in [1.29, 1.82) is 0 Å². The van der Waals surface area contributed by atoms with Crippen LogP contribution in [0, 0.1) is 0 Å². The molecule has 2 atom stereocenters. The van der Waals surface area contributed by atoms with Crippen molar-refractivity contribution >= 4 is 29.1 Å². The number of fused-ring (bicyclic) bond motifs is 1. The minimum atomic E-state index is -0.889. The molecule has 6 heteroatoms. The average molecular weight is 418 g/mol. The number of likely N-dealkylation sites (N-methyl/N-ethyl adjacent to an activating group) is 1. The van der Waals surface area contributed by atoms with E-state index in [1.807, 2.05) is 84.9 Å². The zero-order valence-electron chi connectivity index (χ0n) is 16.6. The fourth-order valence-electron chi connectivity index (χ4n) is 3.38. The van der Waals surface area contributed by atoms with Crippen molar-refractivity contribution in [2.75, 3.05) is 17.7 Å². The molecule has 0 fully saturated rings. The van der Waals surface area contributed by atoms with Gasteiger partial charge in [0.15, 0.2) is 6.17 Å². The molecule has 1 heterocycles. The number of aliphatic hydroxyl groups is 1. The first kappa shape index (κ1) is 20.3. The number of carbonyl (C=O) groups is 1. The molecule has 2 N–H and O–H groups in total. The minimum absolute atomic E-state index is 0.211. The van der Waals surface area contributed by atoms with E-state index in [1.54, 1.807) is 11.9 Å². The zero-order valence-corrected chi connectivity index (χ0v) is 17.4. The number of para-hydroxylation sites is 1. The number of aliphatic imine (C=N–C) groups is 1. The number of thioether (sulfide) groups is 1. The van der Waals surface area contributed by atoms with Crippen molar-refractivity contribution in [3.63, 3.8) is 0 Å². The highest BCUT2D eigenvalue weighted by Crippen LogP contribution is 2.27. The SMILES string of the molecule is CN1C(=O)C(NC(O)CSc2ccccc2)N=C(c2ccccc2)c2ccccc21. The Morgan fingerprint density at radius 2 is 1.63 bits per heavy atom. The lowest BCUT2D eigenvalue weighted by molar-refractivity contribution is -0.120. The lowest BCUT2D eigenvalue weighted by atomic mass is 10.0. The Kier molecular flexibility index (Phi) is 6.28. The summed E-state index contributed by atoms with van der Waals surface area (Å²) in [6.07, 6.45) is -1.77. The van der Waals surface area contributed by atoms with Gasteiger partial charge in [-0.25, -0.2) is 0 Å². The van der Waals surface area contributed by atoms with Gasteiger partial charge in [-0.15, -0.1) is 11.8 Å². The van der Waals surface area contributed by atoms with Crippen molar-refractivity contribution in [1.82, 2.24) is 5.32 Å². The van der Waals surface area contributed by atoms with Crippen LogP contribution in [0.2, 0.25) is 0 Å². The van der Waals surface area contributed by atoms with E-state index in [9.17, 15) is 9.90 Å². The monoisotopic (exact) mass is 417 g/mol. The van der Waals surface area contributed by atoms with Crippen LogP contribution in [0.25, 0.3) is 0 Å². The normalized spacial score (nSPS) is 17.1. The maximum absolute atomic E-state index is 13.1. The predicted octanol–water partition coefficient (Wildman–Crippen LogP) is 3.53. The van der Waals surface area contributed by atoms with E-state index < -0.39 is 12.4 Å². The van der Waals surface area contributed by atoms with Crippen LogP contribution in [0.1, 0.15) is 11.1 Å². The number of anilines is 1. The Morgan fingerprint density at radius 3 is 2.37 bits per heavy atom. The third-order valence-corrected chi connectivity index (χ3v) is 5.98. The maximum Gasteiger partial charge on any atom is 0.266 e. The molecular weight excluding hydrogens is 394 g/mol. The highest BCUT2D eigenvalue weighted by Gasteiger charge is 2.30. The molecule has 30 heavy (non-hydrogen) atoms. The quantitative estimate of drug-likeness (QED) is 0.476. The molecule has 1 aliphatic rings. The van der Waals surface area contributed by atoms with Crippen LogP contribution in [0.5, 0.6) is 0 Å².